The van der Waals surface area contributed by atoms with Gasteiger partial charge in [0.15, 0.2) is 0 Å². The fraction of sp³-hybridized carbons (Fsp3) is 0.182. The molecule has 0 unspecified atom stereocenters. The van der Waals surface area contributed by atoms with Gasteiger partial charge in [0, 0.05) is 24.2 Å². The highest BCUT2D eigenvalue weighted by atomic mass is 16.5. The number of nitriles is 2. The number of nitrogens with zero attached hydrogens (tertiary/aromatic N) is 4. The summed E-state index contributed by atoms with van der Waals surface area (Å²) in [7, 11) is 0. The highest BCUT2D eigenvalue weighted by Crippen LogP contribution is 2.27. The molecule has 0 fully saturated rings. The maximum Gasteiger partial charge on any atom is 0.255 e. The number of fused-ring (bicyclic) bond motifs is 2. The van der Waals surface area contributed by atoms with Crippen LogP contribution in [-0.2, 0) is 9.47 Å². The van der Waals surface area contributed by atoms with E-state index in [1.165, 1.54) is 0 Å². The van der Waals surface area contributed by atoms with Crippen molar-refractivity contribution in [2.45, 2.75) is 12.1 Å². The molecule has 0 radical (unpaired) electrons. The van der Waals surface area contributed by atoms with Crippen molar-refractivity contribution < 1.29 is 19.1 Å². The Bertz CT molecular complexity index is 2040. The molecule has 0 aliphatic rings. The van der Waals surface area contributed by atoms with Crippen molar-refractivity contribution in [2.75, 3.05) is 39.5 Å². The Kier molecular flexibility index (Phi) is 12.0. The summed E-state index contributed by atoms with van der Waals surface area (Å²) in [6.07, 6.45) is 0. The first-order valence-electron chi connectivity index (χ1n) is 17.2. The van der Waals surface area contributed by atoms with Crippen LogP contribution in [0.2, 0.25) is 0 Å². The molecule has 2 amide bonds. The van der Waals surface area contributed by atoms with Gasteiger partial charge < -0.3 is 19.3 Å². The van der Waals surface area contributed by atoms with Crippen LogP contribution in [0.15, 0.2) is 146 Å². The molecule has 0 saturated carbocycles. The molecule has 6 aromatic rings. The summed E-state index contributed by atoms with van der Waals surface area (Å²) in [5.41, 5.74) is 2.48. The largest absolute Gasteiger partial charge is 0.377 e. The molecule has 0 spiro atoms. The molecular weight excluding hydrogens is 649 g/mol. The van der Waals surface area contributed by atoms with E-state index < -0.39 is 12.1 Å². The number of hydrogen-bond acceptors (Lipinski definition) is 6. The Morgan fingerprint density at radius 2 is 0.846 bits per heavy atom. The van der Waals surface area contributed by atoms with E-state index in [2.05, 4.69) is 12.1 Å². The topological polar surface area (TPSA) is 107 Å². The van der Waals surface area contributed by atoms with Crippen LogP contribution in [0.1, 0.15) is 43.9 Å². The molecule has 258 valence electrons. The van der Waals surface area contributed by atoms with Crippen LogP contribution in [0.4, 0.5) is 0 Å². The van der Waals surface area contributed by atoms with Gasteiger partial charge in [-0.25, -0.2) is 0 Å². The van der Waals surface area contributed by atoms with Gasteiger partial charge in [0.25, 0.3) is 11.8 Å². The average Bonchev–Trinajstić information content (AvgIpc) is 3.20. The van der Waals surface area contributed by atoms with E-state index in [1.807, 2.05) is 133 Å². The first-order chi connectivity index (χ1) is 25.6. The SMILES string of the molecule is N#C[C@H](c1ccccc1)N(CCOCCOCCN(C(=O)c1cccc2ccccc12)[C@H](C#N)c1ccccc1)C(=O)c1cccc2ccccc12. The van der Waals surface area contributed by atoms with E-state index in [1.54, 1.807) is 21.9 Å². The lowest BCUT2D eigenvalue weighted by molar-refractivity contribution is 0.0249. The molecule has 0 bridgehead atoms. The summed E-state index contributed by atoms with van der Waals surface area (Å²) in [6.45, 7) is 1.20. The molecule has 8 nitrogen and oxygen atoms in total. The molecule has 52 heavy (non-hydrogen) atoms. The lowest BCUT2D eigenvalue weighted by Gasteiger charge is -2.28. The third-order valence-electron chi connectivity index (χ3n) is 8.99. The van der Waals surface area contributed by atoms with Crippen LogP contribution in [0.5, 0.6) is 0 Å². The molecule has 2 atom stereocenters. The minimum absolute atomic E-state index is 0.182. The number of rotatable bonds is 15. The minimum atomic E-state index is -0.810. The first kappa shape index (κ1) is 35.5. The van der Waals surface area contributed by atoms with Gasteiger partial charge in [-0.05, 0) is 44.8 Å². The van der Waals surface area contributed by atoms with Crippen LogP contribution in [0, 0.1) is 22.7 Å². The van der Waals surface area contributed by atoms with Gasteiger partial charge in [-0.15, -0.1) is 0 Å². The number of hydrogen-bond donors (Lipinski definition) is 0. The smallest absolute Gasteiger partial charge is 0.255 e. The Labute approximate surface area is 303 Å². The number of amides is 2. The zero-order valence-corrected chi connectivity index (χ0v) is 28.7. The predicted molar refractivity (Wildman–Crippen MR) is 201 cm³/mol. The molecule has 8 heteroatoms. The van der Waals surface area contributed by atoms with Crippen LogP contribution in [0.3, 0.4) is 0 Å². The first-order valence-corrected chi connectivity index (χ1v) is 17.2. The van der Waals surface area contributed by atoms with E-state index in [0.717, 1.165) is 32.7 Å². The second-order valence-corrected chi connectivity index (χ2v) is 12.2. The van der Waals surface area contributed by atoms with Gasteiger partial charge in [-0.2, -0.15) is 10.5 Å². The Morgan fingerprint density at radius 1 is 0.481 bits per heavy atom. The van der Waals surface area contributed by atoms with E-state index in [4.69, 9.17) is 9.47 Å². The molecule has 0 aliphatic heterocycles. The van der Waals surface area contributed by atoms with Gasteiger partial charge in [0.05, 0.1) is 38.6 Å². The monoisotopic (exact) mass is 686 g/mol. The second-order valence-electron chi connectivity index (χ2n) is 12.2. The van der Waals surface area contributed by atoms with Crippen LogP contribution < -0.4 is 0 Å². The predicted octanol–water partition coefficient (Wildman–Crippen LogP) is 8.14. The molecule has 0 heterocycles. The maximum absolute atomic E-state index is 14.1. The van der Waals surface area contributed by atoms with Crippen molar-refractivity contribution in [3.63, 3.8) is 0 Å². The van der Waals surface area contributed by atoms with Crippen molar-refractivity contribution in [1.29, 1.82) is 10.5 Å². The normalized spacial score (nSPS) is 12.0. The van der Waals surface area contributed by atoms with Crippen LogP contribution in [-0.4, -0.2) is 61.1 Å². The quantitative estimate of drug-likeness (QED) is 0.101. The van der Waals surface area contributed by atoms with Crippen molar-refractivity contribution in [1.82, 2.24) is 9.80 Å². The summed E-state index contributed by atoms with van der Waals surface area (Å²) in [6, 6.07) is 48.1. The summed E-state index contributed by atoms with van der Waals surface area (Å²) in [5, 5.41) is 24.0. The second kappa shape index (κ2) is 17.6. The van der Waals surface area contributed by atoms with Gasteiger partial charge in [-0.1, -0.05) is 133 Å². The number of benzene rings is 6. The average molecular weight is 687 g/mol. The van der Waals surface area contributed by atoms with Crippen molar-refractivity contribution in [3.8, 4) is 12.1 Å². The molecule has 0 aliphatic carbocycles. The van der Waals surface area contributed by atoms with Crippen molar-refractivity contribution in [2.24, 2.45) is 0 Å². The van der Waals surface area contributed by atoms with E-state index in [9.17, 15) is 20.1 Å². The molecule has 6 aromatic carbocycles. The molecular formula is C44H38N4O4. The van der Waals surface area contributed by atoms with E-state index in [-0.39, 0.29) is 51.3 Å². The highest BCUT2D eigenvalue weighted by molar-refractivity contribution is 6.08. The molecule has 0 aromatic heterocycles. The number of carbonyl (C=O) groups excluding carboxylic acids is 2. The van der Waals surface area contributed by atoms with Gasteiger partial charge in [0.2, 0.25) is 0 Å². The standard InChI is InChI=1S/C44H38N4O4/c45-31-41(35-15-3-1-4-16-35)47(43(49)39-23-11-19-33-13-7-9-21-37(33)39)25-27-51-29-30-52-28-26-48(42(32-46)36-17-5-2-6-18-36)44(50)40-24-12-20-34-14-8-10-22-38(34)40/h1-24,41-42H,25-30H2/t41-,42-/m1/s1. The van der Waals surface area contributed by atoms with Crippen LogP contribution in [0.25, 0.3) is 21.5 Å². The molecule has 6 rings (SSSR count). The fourth-order valence-corrected chi connectivity index (χ4v) is 6.40. The summed E-state index contributed by atoms with van der Waals surface area (Å²) >= 11 is 0. The maximum atomic E-state index is 14.1. The Hall–Kier alpha value is -6.32. The lowest BCUT2D eigenvalue weighted by atomic mass is 10.0. The summed E-state index contributed by atoms with van der Waals surface area (Å²) in [5.74, 6) is -0.512. The zero-order chi connectivity index (χ0) is 36.1. The van der Waals surface area contributed by atoms with Crippen molar-refractivity contribution >= 4 is 33.4 Å². The number of ether oxygens (including phenoxy) is 2. The van der Waals surface area contributed by atoms with Crippen LogP contribution >= 0.6 is 0 Å². The molecule has 0 saturated heterocycles. The third-order valence-corrected chi connectivity index (χ3v) is 8.99. The fourth-order valence-electron chi connectivity index (χ4n) is 6.40. The molecule has 0 N–H and O–H groups in total. The minimum Gasteiger partial charge on any atom is -0.377 e. The van der Waals surface area contributed by atoms with Gasteiger partial charge in [0.1, 0.15) is 12.1 Å². The Balaban J connectivity index is 1.09. The van der Waals surface area contributed by atoms with Crippen molar-refractivity contribution in [3.05, 3.63) is 168 Å². The van der Waals surface area contributed by atoms with E-state index >= 15 is 0 Å². The lowest BCUT2D eigenvalue weighted by Crippen LogP contribution is -2.37. The summed E-state index contributed by atoms with van der Waals surface area (Å²) < 4.78 is 11.8. The third kappa shape index (κ3) is 8.17. The van der Waals surface area contributed by atoms with Gasteiger partial charge >= 0.3 is 0 Å². The summed E-state index contributed by atoms with van der Waals surface area (Å²) in [4.78, 5) is 31.2. The van der Waals surface area contributed by atoms with Gasteiger partial charge in [-0.3, -0.25) is 9.59 Å². The number of carbonyl (C=O) groups is 2. The zero-order valence-electron chi connectivity index (χ0n) is 28.7. The Morgan fingerprint density at radius 3 is 1.25 bits per heavy atom. The highest BCUT2D eigenvalue weighted by Gasteiger charge is 2.28. The van der Waals surface area contributed by atoms with E-state index in [0.29, 0.717) is 11.1 Å².